The van der Waals surface area contributed by atoms with Gasteiger partial charge in [0.15, 0.2) is 18.0 Å². The Morgan fingerprint density at radius 2 is 1.58 bits per heavy atom. The molecule has 2 amide bonds. The molecule has 2 fully saturated rings. The van der Waals surface area contributed by atoms with Crippen molar-refractivity contribution < 1.29 is 19.1 Å². The second kappa shape index (κ2) is 4.15. The van der Waals surface area contributed by atoms with Crippen LogP contribution < -0.4 is 0 Å². The van der Waals surface area contributed by atoms with Gasteiger partial charge in [-0.05, 0) is 19.4 Å². The van der Waals surface area contributed by atoms with Gasteiger partial charge in [0.2, 0.25) is 0 Å². The van der Waals surface area contributed by atoms with Crippen LogP contribution in [0.3, 0.4) is 0 Å². The maximum Gasteiger partial charge on any atom is 0.262 e. The summed E-state index contributed by atoms with van der Waals surface area (Å²) in [4.78, 5) is 25.6. The fourth-order valence-electron chi connectivity index (χ4n) is 2.46. The number of carbonyl (C=O) groups is 2. The van der Waals surface area contributed by atoms with E-state index in [0.717, 1.165) is 5.56 Å². The summed E-state index contributed by atoms with van der Waals surface area (Å²) in [7, 11) is 0. The molecule has 3 rings (SSSR count). The average molecular weight is 261 g/mol. The van der Waals surface area contributed by atoms with Gasteiger partial charge in [0.25, 0.3) is 11.8 Å². The first-order chi connectivity index (χ1) is 8.98. The number of likely N-dealkylation sites (tertiary alicyclic amines) is 1. The van der Waals surface area contributed by atoms with Crippen LogP contribution in [-0.4, -0.2) is 34.7 Å². The molecular weight excluding hydrogens is 246 g/mol. The van der Waals surface area contributed by atoms with Crippen LogP contribution in [0.4, 0.5) is 0 Å². The van der Waals surface area contributed by atoms with E-state index in [-0.39, 0.29) is 18.4 Å². The van der Waals surface area contributed by atoms with Crippen LogP contribution in [0.5, 0.6) is 0 Å². The minimum absolute atomic E-state index is 0.263. The van der Waals surface area contributed by atoms with Gasteiger partial charge in [-0.2, -0.15) is 0 Å². The van der Waals surface area contributed by atoms with Gasteiger partial charge in [-0.1, -0.05) is 30.3 Å². The van der Waals surface area contributed by atoms with Crippen molar-refractivity contribution in [3.63, 3.8) is 0 Å². The number of carbonyl (C=O) groups excluding carboxylic acids is 2. The van der Waals surface area contributed by atoms with Gasteiger partial charge in [0.05, 0.1) is 6.54 Å². The topological polar surface area (TPSA) is 55.8 Å². The first kappa shape index (κ1) is 12.3. The predicted octanol–water partition coefficient (Wildman–Crippen LogP) is 1.08. The summed E-state index contributed by atoms with van der Waals surface area (Å²) in [6.45, 7) is 3.67. The summed E-state index contributed by atoms with van der Waals surface area (Å²) in [5.74, 6) is -1.51. The zero-order chi connectivity index (χ0) is 13.6. The lowest BCUT2D eigenvalue weighted by Crippen LogP contribution is -2.36. The third-order valence-corrected chi connectivity index (χ3v) is 3.30. The largest absolute Gasteiger partial charge is 0.334 e. The molecule has 2 heterocycles. The van der Waals surface area contributed by atoms with E-state index in [1.165, 1.54) is 4.90 Å². The van der Waals surface area contributed by atoms with E-state index >= 15 is 0 Å². The number of hydrogen-bond donors (Lipinski definition) is 0. The average Bonchev–Trinajstić information content (AvgIpc) is 2.80. The van der Waals surface area contributed by atoms with Crippen molar-refractivity contribution in [3.8, 4) is 0 Å². The van der Waals surface area contributed by atoms with Gasteiger partial charge in [0, 0.05) is 0 Å². The van der Waals surface area contributed by atoms with Crippen LogP contribution in [0.25, 0.3) is 0 Å². The van der Waals surface area contributed by atoms with Crippen molar-refractivity contribution in [2.24, 2.45) is 0 Å². The molecule has 2 aliphatic heterocycles. The van der Waals surface area contributed by atoms with Gasteiger partial charge in [-0.3, -0.25) is 14.5 Å². The second-order valence-electron chi connectivity index (χ2n) is 5.22. The first-order valence-electron chi connectivity index (χ1n) is 6.23. The predicted molar refractivity (Wildman–Crippen MR) is 65.8 cm³/mol. The highest BCUT2D eigenvalue weighted by atomic mass is 16.8. The van der Waals surface area contributed by atoms with E-state index in [1.807, 2.05) is 30.3 Å². The fourth-order valence-corrected chi connectivity index (χ4v) is 2.46. The summed E-state index contributed by atoms with van der Waals surface area (Å²) in [6, 6.07) is 9.38. The van der Waals surface area contributed by atoms with E-state index in [2.05, 4.69) is 0 Å². The molecule has 0 spiro atoms. The highest BCUT2D eigenvalue weighted by Gasteiger charge is 2.57. The normalized spacial score (nSPS) is 28.8. The summed E-state index contributed by atoms with van der Waals surface area (Å²) in [6.07, 6.45) is -1.60. The number of imide groups is 1. The zero-order valence-electron chi connectivity index (χ0n) is 10.8. The van der Waals surface area contributed by atoms with Gasteiger partial charge >= 0.3 is 0 Å². The molecule has 2 atom stereocenters. The Labute approximate surface area is 111 Å². The number of benzene rings is 1. The van der Waals surface area contributed by atoms with Crippen LogP contribution >= 0.6 is 0 Å². The van der Waals surface area contributed by atoms with E-state index in [4.69, 9.17) is 9.47 Å². The number of nitrogens with zero attached hydrogens (tertiary/aromatic N) is 1. The number of amides is 2. The van der Waals surface area contributed by atoms with Crippen molar-refractivity contribution >= 4 is 11.8 Å². The first-order valence-corrected chi connectivity index (χ1v) is 6.23. The smallest absolute Gasteiger partial charge is 0.262 e. The fraction of sp³-hybridized carbons (Fsp3) is 0.429. The quantitative estimate of drug-likeness (QED) is 0.747. The molecule has 0 aliphatic carbocycles. The number of rotatable bonds is 2. The van der Waals surface area contributed by atoms with Crippen molar-refractivity contribution in [1.29, 1.82) is 0 Å². The molecule has 0 unspecified atom stereocenters. The molecule has 0 N–H and O–H groups in total. The Balaban J connectivity index is 1.80. The number of ether oxygens (including phenoxy) is 2. The maximum absolute atomic E-state index is 12.2. The Bertz CT molecular complexity index is 500. The van der Waals surface area contributed by atoms with Crippen molar-refractivity contribution in [3.05, 3.63) is 35.9 Å². The molecule has 0 aromatic heterocycles. The van der Waals surface area contributed by atoms with Crippen LogP contribution in [0, 0.1) is 0 Å². The summed E-state index contributed by atoms with van der Waals surface area (Å²) >= 11 is 0. The van der Waals surface area contributed by atoms with Crippen LogP contribution in [0.15, 0.2) is 30.3 Å². The van der Waals surface area contributed by atoms with Crippen molar-refractivity contribution in [1.82, 2.24) is 4.90 Å². The highest BCUT2D eigenvalue weighted by Crippen LogP contribution is 2.35. The van der Waals surface area contributed by atoms with E-state index in [1.54, 1.807) is 13.8 Å². The van der Waals surface area contributed by atoms with Gasteiger partial charge < -0.3 is 9.47 Å². The summed E-state index contributed by atoms with van der Waals surface area (Å²) in [5, 5.41) is 0. The lowest BCUT2D eigenvalue weighted by Gasteiger charge is -2.21. The molecule has 100 valence electrons. The Kier molecular flexibility index (Phi) is 2.69. The highest BCUT2D eigenvalue weighted by molar-refractivity contribution is 6.08. The van der Waals surface area contributed by atoms with Crippen molar-refractivity contribution in [2.75, 3.05) is 0 Å². The molecule has 5 heteroatoms. The lowest BCUT2D eigenvalue weighted by molar-refractivity contribution is -0.175. The van der Waals surface area contributed by atoms with E-state index in [0.29, 0.717) is 0 Å². The van der Waals surface area contributed by atoms with Crippen LogP contribution in [0.1, 0.15) is 19.4 Å². The minimum Gasteiger partial charge on any atom is -0.334 e. The van der Waals surface area contributed by atoms with E-state index in [9.17, 15) is 9.59 Å². The molecule has 5 nitrogen and oxygen atoms in total. The number of fused-ring (bicyclic) bond motifs is 1. The lowest BCUT2D eigenvalue weighted by atomic mass is 10.2. The molecule has 1 aromatic carbocycles. The maximum atomic E-state index is 12.2. The third kappa shape index (κ3) is 2.05. The molecule has 0 bridgehead atoms. The zero-order valence-corrected chi connectivity index (χ0v) is 10.8. The second-order valence-corrected chi connectivity index (χ2v) is 5.22. The van der Waals surface area contributed by atoms with Crippen LogP contribution in [-0.2, 0) is 25.6 Å². The molecule has 19 heavy (non-hydrogen) atoms. The SMILES string of the molecule is CC1(C)O[C@H]2C(=O)N(Cc3ccccc3)C(=O)[C@@H]2O1. The van der Waals surface area contributed by atoms with E-state index < -0.39 is 18.0 Å². The molecular formula is C14H15NO4. The molecule has 0 radical (unpaired) electrons. The Morgan fingerprint density at radius 1 is 1.05 bits per heavy atom. The number of hydrogen-bond acceptors (Lipinski definition) is 4. The van der Waals surface area contributed by atoms with Gasteiger partial charge in [-0.25, -0.2) is 0 Å². The van der Waals surface area contributed by atoms with Gasteiger partial charge in [-0.15, -0.1) is 0 Å². The van der Waals surface area contributed by atoms with Crippen LogP contribution in [0.2, 0.25) is 0 Å². The Morgan fingerprint density at radius 3 is 2.11 bits per heavy atom. The summed E-state index contributed by atoms with van der Waals surface area (Å²) < 4.78 is 11.0. The molecule has 0 saturated carbocycles. The molecule has 2 aliphatic rings. The summed E-state index contributed by atoms with van der Waals surface area (Å²) in [5.41, 5.74) is 0.906. The Hall–Kier alpha value is -1.72. The monoisotopic (exact) mass is 261 g/mol. The van der Waals surface area contributed by atoms with Crippen molar-refractivity contribution in [2.45, 2.75) is 38.4 Å². The van der Waals surface area contributed by atoms with Gasteiger partial charge in [0.1, 0.15) is 0 Å². The standard InChI is InChI=1S/C14H15NO4/c1-14(2)18-10-11(19-14)13(17)15(12(10)16)8-9-6-4-3-5-7-9/h3-7,10-11H,8H2,1-2H3/t10-,11-/m1/s1. The molecule has 2 saturated heterocycles. The minimum atomic E-state index is -0.876. The third-order valence-electron chi connectivity index (χ3n) is 3.30. The molecule has 1 aromatic rings.